The molecule has 1 aliphatic rings. The zero-order chi connectivity index (χ0) is 15.4. The van der Waals surface area contributed by atoms with Gasteiger partial charge >= 0.3 is 0 Å². The molecule has 0 saturated carbocycles. The lowest BCUT2D eigenvalue weighted by Crippen LogP contribution is -2.36. The summed E-state index contributed by atoms with van der Waals surface area (Å²) in [5.41, 5.74) is 1.15. The Kier molecular flexibility index (Phi) is 4.50. The van der Waals surface area contributed by atoms with Crippen molar-refractivity contribution in [3.63, 3.8) is 0 Å². The van der Waals surface area contributed by atoms with E-state index in [1.54, 1.807) is 11.0 Å². The van der Waals surface area contributed by atoms with Crippen LogP contribution in [0.2, 0.25) is 0 Å². The molecule has 1 fully saturated rings. The first kappa shape index (κ1) is 14.7. The highest BCUT2D eigenvalue weighted by molar-refractivity contribution is 5.93. The molecule has 1 amide bonds. The second-order valence-corrected chi connectivity index (χ2v) is 5.32. The van der Waals surface area contributed by atoms with E-state index >= 15 is 0 Å². The molecule has 3 rings (SSSR count). The van der Waals surface area contributed by atoms with Crippen LogP contribution in [-0.2, 0) is 4.74 Å². The summed E-state index contributed by atoms with van der Waals surface area (Å²) in [7, 11) is 0. The highest BCUT2D eigenvalue weighted by atomic mass is 16.5. The summed E-state index contributed by atoms with van der Waals surface area (Å²) in [5.74, 6) is 0.301. The van der Waals surface area contributed by atoms with E-state index in [4.69, 9.17) is 9.26 Å². The maximum atomic E-state index is 12.5. The van der Waals surface area contributed by atoms with Crippen molar-refractivity contribution in [1.29, 1.82) is 0 Å². The van der Waals surface area contributed by atoms with E-state index in [-0.39, 0.29) is 24.1 Å². The van der Waals surface area contributed by atoms with Gasteiger partial charge < -0.3 is 19.3 Å². The van der Waals surface area contributed by atoms with E-state index in [1.165, 1.54) is 0 Å². The maximum absolute atomic E-state index is 12.5. The van der Waals surface area contributed by atoms with Gasteiger partial charge in [0, 0.05) is 37.2 Å². The van der Waals surface area contributed by atoms with Gasteiger partial charge in [-0.1, -0.05) is 35.5 Å². The van der Waals surface area contributed by atoms with Crippen molar-refractivity contribution in [3.8, 4) is 11.3 Å². The minimum absolute atomic E-state index is 0.00212. The van der Waals surface area contributed by atoms with Crippen molar-refractivity contribution >= 4 is 5.91 Å². The molecular weight excluding hydrogens is 284 g/mol. The number of hydrogen-bond acceptors (Lipinski definition) is 5. The lowest BCUT2D eigenvalue weighted by Gasteiger charge is -2.21. The third-order valence-corrected chi connectivity index (χ3v) is 3.67. The van der Waals surface area contributed by atoms with Gasteiger partial charge in [0.1, 0.15) is 0 Å². The van der Waals surface area contributed by atoms with E-state index in [0.717, 1.165) is 5.56 Å². The molecule has 0 aliphatic carbocycles. The van der Waals surface area contributed by atoms with Gasteiger partial charge in [0.2, 0.25) is 0 Å². The zero-order valence-corrected chi connectivity index (χ0v) is 12.1. The van der Waals surface area contributed by atoms with Crippen LogP contribution in [0.5, 0.6) is 0 Å². The quantitative estimate of drug-likeness (QED) is 0.928. The van der Waals surface area contributed by atoms with Crippen LogP contribution in [0.4, 0.5) is 0 Å². The summed E-state index contributed by atoms with van der Waals surface area (Å²) in [6.07, 6.45) is 0. The van der Waals surface area contributed by atoms with Crippen LogP contribution in [0.3, 0.4) is 0 Å². The first-order valence-corrected chi connectivity index (χ1v) is 7.28. The Hall–Kier alpha value is -2.18. The van der Waals surface area contributed by atoms with Crippen LogP contribution >= 0.6 is 0 Å². The van der Waals surface area contributed by atoms with Crippen molar-refractivity contribution in [2.75, 3.05) is 32.9 Å². The number of ether oxygens (including phenoxy) is 1. The number of amides is 1. The van der Waals surface area contributed by atoms with Crippen LogP contribution in [0.25, 0.3) is 11.3 Å². The Morgan fingerprint density at radius 2 is 2.18 bits per heavy atom. The van der Waals surface area contributed by atoms with E-state index in [1.807, 2.05) is 30.3 Å². The van der Waals surface area contributed by atoms with Crippen LogP contribution in [-0.4, -0.2) is 54.0 Å². The van der Waals surface area contributed by atoms with E-state index in [2.05, 4.69) is 5.16 Å². The summed E-state index contributed by atoms with van der Waals surface area (Å²) in [6.45, 7) is 1.88. The van der Waals surface area contributed by atoms with Crippen LogP contribution in [0, 0.1) is 5.92 Å². The second-order valence-electron chi connectivity index (χ2n) is 5.32. The van der Waals surface area contributed by atoms with Gasteiger partial charge in [-0.15, -0.1) is 0 Å². The third-order valence-electron chi connectivity index (χ3n) is 3.67. The predicted molar refractivity (Wildman–Crippen MR) is 79.2 cm³/mol. The van der Waals surface area contributed by atoms with Gasteiger partial charge in [-0.3, -0.25) is 4.79 Å². The number of aliphatic hydroxyl groups excluding tert-OH is 1. The molecule has 0 unspecified atom stereocenters. The normalized spacial score (nSPS) is 19.0. The Balaban J connectivity index is 1.76. The largest absolute Gasteiger partial charge is 0.396 e. The average Bonchev–Trinajstić information content (AvgIpc) is 2.93. The molecule has 2 heterocycles. The molecule has 1 aromatic heterocycles. The van der Waals surface area contributed by atoms with Gasteiger partial charge in [0.15, 0.2) is 11.5 Å². The minimum Gasteiger partial charge on any atom is -0.396 e. The summed E-state index contributed by atoms with van der Waals surface area (Å²) in [6, 6.07) is 11.2. The predicted octanol–water partition coefficient (Wildman–Crippen LogP) is 1.42. The summed E-state index contributed by atoms with van der Waals surface area (Å²) < 4.78 is 10.7. The van der Waals surface area contributed by atoms with Crippen LogP contribution in [0.15, 0.2) is 40.9 Å². The molecule has 1 aromatic carbocycles. The van der Waals surface area contributed by atoms with Crippen LogP contribution in [0.1, 0.15) is 10.5 Å². The second kappa shape index (κ2) is 6.72. The molecule has 22 heavy (non-hydrogen) atoms. The maximum Gasteiger partial charge on any atom is 0.276 e. The molecule has 0 radical (unpaired) electrons. The minimum atomic E-state index is -0.199. The van der Waals surface area contributed by atoms with E-state index in [0.29, 0.717) is 32.1 Å². The standard InChI is InChI=1S/C16H18N2O4/c19-10-12-9-18(6-7-21-11-12)16(20)14-8-15(22-17-14)13-4-2-1-3-5-13/h1-5,8,12,19H,6-7,9-11H2/t12-/m1/s1. The number of carbonyl (C=O) groups excluding carboxylic acids is 1. The molecule has 0 bridgehead atoms. The number of benzene rings is 1. The highest BCUT2D eigenvalue weighted by Crippen LogP contribution is 2.21. The molecular formula is C16H18N2O4. The Morgan fingerprint density at radius 3 is 2.95 bits per heavy atom. The monoisotopic (exact) mass is 302 g/mol. The Labute approximate surface area is 128 Å². The fourth-order valence-corrected chi connectivity index (χ4v) is 2.45. The molecule has 2 aromatic rings. The van der Waals surface area contributed by atoms with Crippen molar-refractivity contribution in [3.05, 3.63) is 42.1 Å². The Morgan fingerprint density at radius 1 is 1.36 bits per heavy atom. The Bertz CT molecular complexity index is 626. The molecule has 1 aliphatic heterocycles. The average molecular weight is 302 g/mol. The summed E-state index contributed by atoms with van der Waals surface area (Å²) in [4.78, 5) is 14.2. The molecule has 0 spiro atoms. The van der Waals surface area contributed by atoms with Crippen molar-refractivity contribution in [1.82, 2.24) is 10.1 Å². The highest BCUT2D eigenvalue weighted by Gasteiger charge is 2.25. The lowest BCUT2D eigenvalue weighted by atomic mass is 10.1. The van der Waals surface area contributed by atoms with E-state index in [9.17, 15) is 9.90 Å². The first-order chi connectivity index (χ1) is 10.8. The fraction of sp³-hybridized carbons (Fsp3) is 0.375. The van der Waals surface area contributed by atoms with Gasteiger partial charge in [0.05, 0.1) is 13.2 Å². The lowest BCUT2D eigenvalue weighted by molar-refractivity contribution is 0.0718. The summed E-state index contributed by atoms with van der Waals surface area (Å²) >= 11 is 0. The fourth-order valence-electron chi connectivity index (χ4n) is 2.45. The third kappa shape index (κ3) is 3.18. The van der Waals surface area contributed by atoms with Gasteiger partial charge in [0.25, 0.3) is 5.91 Å². The van der Waals surface area contributed by atoms with Gasteiger partial charge in [-0.25, -0.2) is 0 Å². The number of nitrogens with zero attached hydrogens (tertiary/aromatic N) is 2. The SMILES string of the molecule is O=C(c1cc(-c2ccccc2)on1)N1CCOC[C@@H](CO)C1. The smallest absolute Gasteiger partial charge is 0.276 e. The van der Waals surface area contributed by atoms with Crippen molar-refractivity contribution < 1.29 is 19.2 Å². The first-order valence-electron chi connectivity index (χ1n) is 7.28. The number of carbonyl (C=O) groups is 1. The topological polar surface area (TPSA) is 75.8 Å². The number of rotatable bonds is 3. The molecule has 6 nitrogen and oxygen atoms in total. The molecule has 1 atom stereocenters. The van der Waals surface area contributed by atoms with Gasteiger partial charge in [-0.2, -0.15) is 0 Å². The molecule has 116 valence electrons. The van der Waals surface area contributed by atoms with Gasteiger partial charge in [-0.05, 0) is 0 Å². The number of hydrogen-bond donors (Lipinski definition) is 1. The van der Waals surface area contributed by atoms with Crippen LogP contribution < -0.4 is 0 Å². The number of aliphatic hydroxyl groups is 1. The molecule has 1 saturated heterocycles. The zero-order valence-electron chi connectivity index (χ0n) is 12.1. The van der Waals surface area contributed by atoms with E-state index < -0.39 is 0 Å². The summed E-state index contributed by atoms with van der Waals surface area (Å²) in [5, 5.41) is 13.2. The number of aromatic nitrogens is 1. The molecule has 6 heteroatoms. The van der Waals surface area contributed by atoms with Crippen molar-refractivity contribution in [2.45, 2.75) is 0 Å². The van der Waals surface area contributed by atoms with Crippen molar-refractivity contribution in [2.24, 2.45) is 5.92 Å². The molecule has 1 N–H and O–H groups in total.